The fraction of sp³-hybridized carbons (Fsp3) is 0.125. The normalized spacial score (nSPS) is 10.8. The van der Waals surface area contributed by atoms with Crippen molar-refractivity contribution in [2.75, 3.05) is 5.75 Å². The number of fused-ring (bicyclic) bond motifs is 1. The van der Waals surface area contributed by atoms with Gasteiger partial charge in [0.1, 0.15) is 5.78 Å². The zero-order chi connectivity index (χ0) is 13.9. The van der Waals surface area contributed by atoms with Crippen LogP contribution in [-0.2, 0) is 4.79 Å². The Morgan fingerprint density at radius 1 is 1.10 bits per heavy atom. The smallest absolute Gasteiger partial charge is 0.174 e. The Morgan fingerprint density at radius 3 is 2.55 bits per heavy atom. The second kappa shape index (κ2) is 5.51. The molecule has 0 aliphatic carbocycles. The molecule has 2 aromatic carbocycles. The first kappa shape index (κ1) is 12.9. The lowest BCUT2D eigenvalue weighted by atomic mass is 10.3. The number of imidazole rings is 1. The Labute approximate surface area is 121 Å². The quantitative estimate of drug-likeness (QED) is 0.684. The van der Waals surface area contributed by atoms with Gasteiger partial charge in [-0.1, -0.05) is 42.1 Å². The van der Waals surface area contributed by atoms with Crippen LogP contribution in [0.15, 0.2) is 59.8 Å². The molecule has 0 radical (unpaired) electrons. The average Bonchev–Trinajstić information content (AvgIpc) is 2.84. The minimum atomic E-state index is 0.154. The Kier molecular flexibility index (Phi) is 3.56. The van der Waals surface area contributed by atoms with E-state index < -0.39 is 0 Å². The van der Waals surface area contributed by atoms with E-state index in [-0.39, 0.29) is 5.78 Å². The van der Waals surface area contributed by atoms with Gasteiger partial charge in [-0.15, -0.1) is 0 Å². The maximum atomic E-state index is 11.2. The van der Waals surface area contributed by atoms with Crippen LogP contribution in [-0.4, -0.2) is 21.1 Å². The molecule has 4 heteroatoms. The fourth-order valence-corrected chi connectivity index (χ4v) is 2.92. The van der Waals surface area contributed by atoms with E-state index in [1.807, 2.05) is 54.6 Å². The molecule has 0 bridgehead atoms. The molecule has 0 spiro atoms. The SMILES string of the molecule is CC(=O)CSc1nc2ccccc2n1-c1ccccc1. The van der Waals surface area contributed by atoms with E-state index in [0.29, 0.717) is 5.75 Å². The first-order valence-electron chi connectivity index (χ1n) is 6.41. The zero-order valence-corrected chi connectivity index (χ0v) is 11.9. The molecule has 3 aromatic rings. The molecule has 0 amide bonds. The number of hydrogen-bond acceptors (Lipinski definition) is 3. The van der Waals surface area contributed by atoms with Gasteiger partial charge >= 0.3 is 0 Å². The summed E-state index contributed by atoms with van der Waals surface area (Å²) in [7, 11) is 0. The van der Waals surface area contributed by atoms with Crippen molar-refractivity contribution in [3.63, 3.8) is 0 Å². The second-order valence-electron chi connectivity index (χ2n) is 4.54. The van der Waals surface area contributed by atoms with Crippen LogP contribution in [0.4, 0.5) is 0 Å². The van der Waals surface area contributed by atoms with Gasteiger partial charge in [-0.3, -0.25) is 9.36 Å². The third-order valence-electron chi connectivity index (χ3n) is 2.95. The molecule has 0 aliphatic heterocycles. The van der Waals surface area contributed by atoms with E-state index in [1.165, 1.54) is 11.8 Å². The standard InChI is InChI=1S/C16H14N2OS/c1-12(19)11-20-16-17-14-9-5-6-10-15(14)18(16)13-7-3-2-4-8-13/h2-10H,11H2,1H3. The van der Waals surface area contributed by atoms with E-state index in [1.54, 1.807) is 6.92 Å². The van der Waals surface area contributed by atoms with Crippen LogP contribution in [0.1, 0.15) is 6.92 Å². The largest absolute Gasteiger partial charge is 0.299 e. The summed E-state index contributed by atoms with van der Waals surface area (Å²) >= 11 is 1.48. The molecule has 0 saturated carbocycles. The van der Waals surface area contributed by atoms with Gasteiger partial charge in [0.25, 0.3) is 0 Å². The highest BCUT2D eigenvalue weighted by molar-refractivity contribution is 7.99. The van der Waals surface area contributed by atoms with E-state index in [4.69, 9.17) is 0 Å². The molecule has 0 aliphatic rings. The van der Waals surface area contributed by atoms with Gasteiger partial charge in [0, 0.05) is 5.69 Å². The fourth-order valence-electron chi connectivity index (χ4n) is 2.09. The Hall–Kier alpha value is -2.07. The topological polar surface area (TPSA) is 34.9 Å². The first-order chi connectivity index (χ1) is 9.75. The molecule has 0 saturated heterocycles. The third kappa shape index (κ3) is 2.47. The maximum absolute atomic E-state index is 11.2. The van der Waals surface area contributed by atoms with Gasteiger partial charge in [-0.2, -0.15) is 0 Å². The highest BCUT2D eigenvalue weighted by Gasteiger charge is 2.12. The van der Waals surface area contributed by atoms with Crippen molar-refractivity contribution in [1.29, 1.82) is 0 Å². The molecule has 20 heavy (non-hydrogen) atoms. The average molecular weight is 282 g/mol. The second-order valence-corrected chi connectivity index (χ2v) is 5.49. The van der Waals surface area contributed by atoms with Crippen molar-refractivity contribution < 1.29 is 4.79 Å². The Balaban J connectivity index is 2.16. The molecular weight excluding hydrogens is 268 g/mol. The summed E-state index contributed by atoms with van der Waals surface area (Å²) in [6, 6.07) is 18.1. The predicted octanol–water partition coefficient (Wildman–Crippen LogP) is 3.71. The minimum Gasteiger partial charge on any atom is -0.299 e. The van der Waals surface area contributed by atoms with E-state index in [9.17, 15) is 4.79 Å². The van der Waals surface area contributed by atoms with Crippen molar-refractivity contribution in [2.24, 2.45) is 0 Å². The van der Waals surface area contributed by atoms with Crippen LogP contribution in [0.25, 0.3) is 16.7 Å². The minimum absolute atomic E-state index is 0.154. The number of thioether (sulfide) groups is 1. The summed E-state index contributed by atoms with van der Waals surface area (Å²) in [4.78, 5) is 15.9. The molecule has 100 valence electrons. The zero-order valence-electron chi connectivity index (χ0n) is 11.1. The van der Waals surface area contributed by atoms with Crippen LogP contribution in [0.3, 0.4) is 0 Å². The number of hydrogen-bond donors (Lipinski definition) is 0. The number of aromatic nitrogens is 2. The number of benzene rings is 2. The molecular formula is C16H14N2OS. The van der Waals surface area contributed by atoms with Gasteiger partial charge in [-0.25, -0.2) is 4.98 Å². The van der Waals surface area contributed by atoms with Crippen LogP contribution in [0.5, 0.6) is 0 Å². The summed E-state index contributed by atoms with van der Waals surface area (Å²) in [6.45, 7) is 1.60. The number of carbonyl (C=O) groups is 1. The van der Waals surface area contributed by atoms with Crippen molar-refractivity contribution in [2.45, 2.75) is 12.1 Å². The maximum Gasteiger partial charge on any atom is 0.174 e. The van der Waals surface area contributed by atoms with Crippen molar-refractivity contribution in [1.82, 2.24) is 9.55 Å². The van der Waals surface area contributed by atoms with Crippen molar-refractivity contribution >= 4 is 28.6 Å². The van der Waals surface area contributed by atoms with Crippen LogP contribution in [0.2, 0.25) is 0 Å². The monoisotopic (exact) mass is 282 g/mol. The lowest BCUT2D eigenvalue weighted by molar-refractivity contribution is -0.114. The third-order valence-corrected chi connectivity index (χ3v) is 4.03. The van der Waals surface area contributed by atoms with E-state index in [2.05, 4.69) is 9.55 Å². The number of Topliss-reactive ketones (excluding diaryl/α,β-unsaturated/α-hetero) is 1. The lowest BCUT2D eigenvalue weighted by Gasteiger charge is -2.08. The number of para-hydroxylation sites is 3. The van der Waals surface area contributed by atoms with Crippen LogP contribution in [0, 0.1) is 0 Å². The van der Waals surface area contributed by atoms with Gasteiger partial charge in [0.2, 0.25) is 0 Å². The van der Waals surface area contributed by atoms with Gasteiger partial charge < -0.3 is 0 Å². The van der Waals surface area contributed by atoms with Crippen molar-refractivity contribution in [3.05, 3.63) is 54.6 Å². The molecule has 1 heterocycles. The van der Waals surface area contributed by atoms with E-state index in [0.717, 1.165) is 21.9 Å². The number of ketones is 1. The van der Waals surface area contributed by atoms with Gasteiger partial charge in [-0.05, 0) is 31.2 Å². The molecule has 0 fully saturated rings. The number of rotatable bonds is 4. The predicted molar refractivity (Wildman–Crippen MR) is 82.5 cm³/mol. The molecule has 0 N–H and O–H groups in total. The van der Waals surface area contributed by atoms with Gasteiger partial charge in [0.15, 0.2) is 5.16 Å². The van der Waals surface area contributed by atoms with Crippen LogP contribution < -0.4 is 0 Å². The van der Waals surface area contributed by atoms with Crippen molar-refractivity contribution in [3.8, 4) is 5.69 Å². The summed E-state index contributed by atoms with van der Waals surface area (Å²) in [5, 5.41) is 0.854. The molecule has 3 rings (SSSR count). The molecule has 1 aromatic heterocycles. The molecule has 0 unspecified atom stereocenters. The van der Waals surface area contributed by atoms with Gasteiger partial charge in [0.05, 0.1) is 16.8 Å². The molecule has 0 atom stereocenters. The summed E-state index contributed by atoms with van der Waals surface area (Å²) < 4.78 is 2.10. The number of carbonyl (C=O) groups excluding carboxylic acids is 1. The lowest BCUT2D eigenvalue weighted by Crippen LogP contribution is -1.99. The Morgan fingerprint density at radius 2 is 1.80 bits per heavy atom. The molecule has 3 nitrogen and oxygen atoms in total. The Bertz CT molecular complexity index is 750. The first-order valence-corrected chi connectivity index (χ1v) is 7.39. The highest BCUT2D eigenvalue weighted by Crippen LogP contribution is 2.27. The summed E-state index contributed by atoms with van der Waals surface area (Å²) in [5.41, 5.74) is 3.07. The summed E-state index contributed by atoms with van der Waals surface area (Å²) in [5.74, 6) is 0.595. The highest BCUT2D eigenvalue weighted by atomic mass is 32.2. The number of nitrogens with zero attached hydrogens (tertiary/aromatic N) is 2. The van der Waals surface area contributed by atoms with Crippen LogP contribution >= 0.6 is 11.8 Å². The van der Waals surface area contributed by atoms with E-state index >= 15 is 0 Å². The summed E-state index contributed by atoms with van der Waals surface area (Å²) in [6.07, 6.45) is 0.